The first-order chi connectivity index (χ1) is 45.8. The zero-order chi connectivity index (χ0) is 73.0. The van der Waals surface area contributed by atoms with Crippen LogP contribution in [-0.2, 0) is 57.5 Å². The molecule has 1 saturated heterocycles. The van der Waals surface area contributed by atoms with Crippen molar-refractivity contribution in [2.45, 2.75) is 97.3 Å². The number of hydrogen-bond acceptors (Lipinski definition) is 25. The Labute approximate surface area is 907 Å². The monoisotopic (exact) mass is 1620 g/mol. The summed E-state index contributed by atoms with van der Waals surface area (Å²) in [4.78, 5) is 128. The number of rotatable bonds is 27. The predicted octanol–water partition coefficient (Wildman–Crippen LogP) is -28.8. The van der Waals surface area contributed by atoms with Gasteiger partial charge in [-0.3, -0.25) is 9.59 Å². The Balaban J connectivity index is -0.000000183. The SMILES string of the molecule is C1CC[NH2+]CC1.CC(=O)Nc1ccc(C=C(C(=O)[O-])C(=O)[O-])cc1.CCCCCCCCCCCC(=O)Nc1ccc(C=C(C(=O)[O-])C(=O)[O-])cc1.Nc1ccc(C=C(C(=O)[O-])C(=O)[O-])cc1.Nc1ccc(C=C(C(=O)[O-])C(=O)[O-])cc1.Nc1ccc(C=C(C(=O)[O-])C(=O)[O-])cc1.[K+].[K+].[K+].[K+].[K+].[K+].[Na+].[Na+]. The largest absolute Gasteiger partial charge is 1.00 e. The number of carbonyl (C=O) groups excluding carboxylic acids is 12. The molecular weight excluding hydrogens is 1550 g/mol. The molecule has 0 radical (unpaired) electrons. The topological polar surface area (TPSA) is 554 Å². The molecule has 0 aliphatic carbocycles. The molecule has 0 aromatic heterocycles. The van der Waals surface area contributed by atoms with Crippen LogP contribution in [0.25, 0.3) is 30.4 Å². The number of aliphatic carboxylic acids is 10. The van der Waals surface area contributed by atoms with Crippen LogP contribution < -0.4 is 452 Å². The van der Waals surface area contributed by atoms with Gasteiger partial charge in [0, 0.05) is 69.6 Å². The van der Waals surface area contributed by atoms with Crippen molar-refractivity contribution < 1.29 is 481 Å². The van der Waals surface area contributed by atoms with Crippen LogP contribution in [0.3, 0.4) is 0 Å². The van der Waals surface area contributed by atoms with E-state index in [0.717, 1.165) is 49.6 Å². The number of nitrogens with two attached hydrogens (primary N) is 4. The molecule has 0 bridgehead atoms. The molecule has 5 aromatic carbocycles. The Morgan fingerprint density at radius 3 is 0.733 bits per heavy atom. The zero-order valence-electron chi connectivity index (χ0n) is 60.8. The summed E-state index contributed by atoms with van der Waals surface area (Å²) in [7, 11) is 0. The molecule has 518 valence electrons. The first-order valence-electron chi connectivity index (χ1n) is 29.7. The Kier molecular flexibility index (Phi) is 81.8. The van der Waals surface area contributed by atoms with Crippen molar-refractivity contribution >= 4 is 130 Å². The van der Waals surface area contributed by atoms with Crippen LogP contribution in [0.1, 0.15) is 125 Å². The molecule has 5 aromatic rings. The Morgan fingerprint density at radius 2 is 0.543 bits per heavy atom. The Morgan fingerprint density at radius 1 is 0.333 bits per heavy atom. The third-order valence-corrected chi connectivity index (χ3v) is 12.8. The van der Waals surface area contributed by atoms with E-state index in [2.05, 4.69) is 22.9 Å². The third kappa shape index (κ3) is 59.0. The van der Waals surface area contributed by atoms with Crippen molar-refractivity contribution in [2.24, 2.45) is 0 Å². The van der Waals surface area contributed by atoms with Gasteiger partial charge < -0.3 is 132 Å². The fourth-order valence-corrected chi connectivity index (χ4v) is 7.86. The van der Waals surface area contributed by atoms with Crippen LogP contribution in [-0.4, -0.2) is 84.6 Å². The molecule has 0 saturated carbocycles. The van der Waals surface area contributed by atoms with E-state index in [0.29, 0.717) is 62.7 Å². The van der Waals surface area contributed by atoms with Crippen molar-refractivity contribution in [3.63, 3.8) is 0 Å². The third-order valence-electron chi connectivity index (χ3n) is 12.8. The van der Waals surface area contributed by atoms with Crippen molar-refractivity contribution in [2.75, 3.05) is 40.9 Å². The van der Waals surface area contributed by atoms with Crippen molar-refractivity contribution in [1.29, 1.82) is 0 Å². The van der Waals surface area contributed by atoms with E-state index in [9.17, 15) is 109 Å². The molecule has 10 N–H and O–H groups in total. The van der Waals surface area contributed by atoms with E-state index in [1.165, 1.54) is 187 Å². The first-order valence-corrected chi connectivity index (χ1v) is 29.7. The molecule has 1 heterocycles. The first kappa shape index (κ1) is 120. The summed E-state index contributed by atoms with van der Waals surface area (Å²) >= 11 is 0. The summed E-state index contributed by atoms with van der Waals surface area (Å²) in [5, 5.41) is 112. The number of carboxylic acid groups (broad SMARTS) is 10. The van der Waals surface area contributed by atoms with Crippen molar-refractivity contribution in [1.82, 2.24) is 0 Å². The summed E-state index contributed by atoms with van der Waals surface area (Å²) in [6, 6.07) is 30.2. The molecule has 6 rings (SSSR count). The Hall–Kier alpha value is -0.382. The summed E-state index contributed by atoms with van der Waals surface area (Å²) in [5.41, 5.74) is 16.1. The second-order valence-corrected chi connectivity index (χ2v) is 20.6. The molecule has 2 amide bonds. The zero-order valence-corrected chi connectivity index (χ0v) is 83.6. The van der Waals surface area contributed by atoms with E-state index in [1.807, 2.05) is 0 Å². The number of carboxylic acids is 10. The summed E-state index contributed by atoms with van der Waals surface area (Å²) < 4.78 is 0. The van der Waals surface area contributed by atoms with Gasteiger partial charge in [0.2, 0.25) is 11.8 Å². The van der Waals surface area contributed by atoms with E-state index >= 15 is 0 Å². The number of nitrogens with one attached hydrogen (secondary N) is 2. The number of anilines is 5. The Bertz CT molecular complexity index is 3390. The van der Waals surface area contributed by atoms with Crippen LogP contribution in [0.5, 0.6) is 0 Å². The van der Waals surface area contributed by atoms with Crippen LogP contribution in [0, 0.1) is 0 Å². The number of carbonyl (C=O) groups is 12. The van der Waals surface area contributed by atoms with E-state index in [1.54, 1.807) is 12.1 Å². The maximum Gasteiger partial charge on any atom is 1.00 e. The van der Waals surface area contributed by atoms with Crippen molar-refractivity contribution in [3.8, 4) is 0 Å². The van der Waals surface area contributed by atoms with E-state index < -0.39 is 87.6 Å². The molecule has 28 nitrogen and oxygen atoms in total. The van der Waals surface area contributed by atoms with Gasteiger partial charge >= 0.3 is 367 Å². The number of nitrogen functional groups attached to an aromatic ring is 3. The van der Waals surface area contributed by atoms with Gasteiger partial charge in [-0.2, -0.15) is 0 Å². The number of quaternary nitrogens is 1. The fourth-order valence-electron chi connectivity index (χ4n) is 7.86. The fraction of sp³-hybridized carbons (Fsp3) is 0.246. The smallest absolute Gasteiger partial charge is 0.545 e. The quantitative estimate of drug-likeness (QED) is 0.00710. The van der Waals surface area contributed by atoms with Gasteiger partial charge in [-0.05, 0) is 145 Å². The van der Waals surface area contributed by atoms with Crippen LogP contribution in [0.2, 0.25) is 0 Å². The average Bonchev–Trinajstić information content (AvgIpc) is 0.905. The second kappa shape index (κ2) is 71.4. The molecule has 36 heteroatoms. The normalized spacial score (nSPS) is 9.73. The average molecular weight is 1620 g/mol. The van der Waals surface area contributed by atoms with Crippen LogP contribution >= 0.6 is 0 Å². The molecule has 0 atom stereocenters. The van der Waals surface area contributed by atoms with Gasteiger partial charge in [0.1, 0.15) is 0 Å². The number of unbranched alkanes of at least 4 members (excludes halogenated alkanes) is 8. The van der Waals surface area contributed by atoms with Gasteiger partial charge in [-0.25, -0.2) is 0 Å². The molecule has 0 unspecified atom stereocenters. The van der Waals surface area contributed by atoms with Crippen LogP contribution in [0.4, 0.5) is 28.4 Å². The van der Waals surface area contributed by atoms with Gasteiger partial charge in [-0.1, -0.05) is 119 Å². The maximum atomic E-state index is 12.0. The van der Waals surface area contributed by atoms with Gasteiger partial charge in [0.15, 0.2) is 0 Å². The molecular formula is C69H71K6N6Na2O22-. The van der Waals surface area contributed by atoms with E-state index in [4.69, 9.17) is 17.2 Å². The number of piperidine rings is 1. The maximum absolute atomic E-state index is 12.0. The predicted molar refractivity (Wildman–Crippen MR) is 336 cm³/mol. The minimum Gasteiger partial charge on any atom is -0.545 e. The summed E-state index contributed by atoms with van der Waals surface area (Å²) in [6.07, 6.45) is 20.3. The minimum absolute atomic E-state index is 0. The summed E-state index contributed by atoms with van der Waals surface area (Å²) in [5.74, 6) is -18.3. The molecule has 105 heavy (non-hydrogen) atoms. The molecule has 1 aliphatic rings. The number of amides is 2. The van der Waals surface area contributed by atoms with Crippen LogP contribution in [0.15, 0.2) is 149 Å². The molecule has 1 aliphatic heterocycles. The number of benzene rings is 5. The molecule has 0 spiro atoms. The van der Waals surface area contributed by atoms with Gasteiger partial charge in [0.05, 0.1) is 72.8 Å². The number of hydrogen-bond donors (Lipinski definition) is 6. The molecule has 1 fully saturated rings. The van der Waals surface area contributed by atoms with Gasteiger partial charge in [0.25, 0.3) is 0 Å². The van der Waals surface area contributed by atoms with E-state index in [-0.39, 0.29) is 379 Å². The standard InChI is InChI=1S/C22H31NO5.C12H11NO5.3C10H9NO4.C5H11N.6K.2Na/c1-2-3-4-5-6-7-8-9-10-11-20(24)23-18-14-12-17(13-15-18)16-19(21(25)26)22(27)28;1-7(14)13-9-4-2-8(3-5-9)6-10(11(15)16)12(17)18;3*11-7-3-1-6(2-4-7)5-8(9(12)13)10(14)15;1-2-4-6-5-3-1;;;;;;;;/h12-16H,2-11H2,1H3,(H,23,24)(H,25,26)(H,27,28);2-6H,1H3,(H,13,14)(H,15,16)(H,17,18);3*1-5H,11H2,(H,12,13)(H,14,15);6H,1-5H2;;;;;;;;/q;;;;;;8*+1/p-9. The second-order valence-electron chi connectivity index (χ2n) is 20.6. The minimum atomic E-state index is -1.82. The van der Waals surface area contributed by atoms with Crippen molar-refractivity contribution in [3.05, 3.63) is 177 Å². The summed E-state index contributed by atoms with van der Waals surface area (Å²) in [6.45, 7) is 6.30. The van der Waals surface area contributed by atoms with Gasteiger partial charge in [-0.15, -0.1) is 0 Å².